The van der Waals surface area contributed by atoms with Gasteiger partial charge in [0.1, 0.15) is 0 Å². The first kappa shape index (κ1) is 17.2. The van der Waals surface area contributed by atoms with Crippen LogP contribution in [0.15, 0.2) is 54.6 Å². The van der Waals surface area contributed by atoms with Crippen LogP contribution >= 0.6 is 0 Å². The van der Waals surface area contributed by atoms with Crippen LogP contribution in [0.1, 0.15) is 22.8 Å². The second kappa shape index (κ2) is 7.94. The summed E-state index contributed by atoms with van der Waals surface area (Å²) in [6.07, 6.45) is 0. The number of nitrogens with one attached hydrogen (secondary N) is 1. The van der Waals surface area contributed by atoms with E-state index in [1.807, 2.05) is 11.0 Å². The average Bonchev–Trinajstić information content (AvgIpc) is 2.63. The van der Waals surface area contributed by atoms with Gasteiger partial charge in [0.05, 0.1) is 0 Å². The van der Waals surface area contributed by atoms with Gasteiger partial charge in [-0.05, 0) is 36.8 Å². The van der Waals surface area contributed by atoms with Gasteiger partial charge < -0.3 is 10.2 Å². The second-order valence-electron chi connectivity index (χ2n) is 6.31. The van der Waals surface area contributed by atoms with Crippen molar-refractivity contribution in [1.82, 2.24) is 9.80 Å². The molecule has 1 N–H and O–H groups in total. The van der Waals surface area contributed by atoms with Crippen molar-refractivity contribution in [1.29, 1.82) is 0 Å². The molecule has 1 saturated heterocycles. The number of benzene rings is 2. The summed E-state index contributed by atoms with van der Waals surface area (Å²) >= 11 is 0. The molecular formula is C20H23N3O2. The van der Waals surface area contributed by atoms with Gasteiger partial charge in [-0.3, -0.25) is 9.69 Å². The Bertz CT molecular complexity index is 720. The van der Waals surface area contributed by atoms with E-state index in [-0.39, 0.29) is 11.8 Å². The molecule has 2 amide bonds. The number of Topliss-reactive ketones (excluding diaryl/α,β-unsaturated/α-hetero) is 1. The van der Waals surface area contributed by atoms with Crippen molar-refractivity contribution >= 4 is 17.5 Å². The Kier molecular flexibility index (Phi) is 5.46. The van der Waals surface area contributed by atoms with Gasteiger partial charge in [0, 0.05) is 44.0 Å². The topological polar surface area (TPSA) is 52.7 Å². The molecule has 0 radical (unpaired) electrons. The summed E-state index contributed by atoms with van der Waals surface area (Å²) in [6, 6.07) is 17.3. The Hall–Kier alpha value is -2.66. The fraction of sp³-hybridized carbons (Fsp3) is 0.300. The minimum atomic E-state index is -0.0880. The number of hydrogen-bond donors (Lipinski definition) is 1. The lowest BCUT2D eigenvalue weighted by Gasteiger charge is -2.34. The van der Waals surface area contributed by atoms with Crippen molar-refractivity contribution in [3.05, 3.63) is 65.7 Å². The van der Waals surface area contributed by atoms with E-state index in [0.29, 0.717) is 24.3 Å². The molecule has 0 aliphatic carbocycles. The van der Waals surface area contributed by atoms with Crippen molar-refractivity contribution in [2.45, 2.75) is 13.5 Å². The van der Waals surface area contributed by atoms with Crippen LogP contribution < -0.4 is 5.32 Å². The lowest BCUT2D eigenvalue weighted by Crippen LogP contribution is -2.49. The molecule has 1 aliphatic rings. The maximum Gasteiger partial charge on any atom is 0.321 e. The van der Waals surface area contributed by atoms with Crippen LogP contribution in [0.3, 0.4) is 0 Å². The van der Waals surface area contributed by atoms with Crippen LogP contribution in [0.4, 0.5) is 10.5 Å². The molecule has 0 atom stereocenters. The number of carbonyl (C=O) groups is 2. The van der Waals surface area contributed by atoms with E-state index in [1.165, 1.54) is 12.5 Å². The zero-order valence-corrected chi connectivity index (χ0v) is 14.4. The second-order valence-corrected chi connectivity index (χ2v) is 6.31. The van der Waals surface area contributed by atoms with Crippen LogP contribution in [0.5, 0.6) is 0 Å². The predicted octanol–water partition coefficient (Wildman–Crippen LogP) is 3.24. The standard InChI is InChI=1S/C20H23N3O2/c1-16(24)18-7-9-19(10-8-18)21-20(25)23-13-11-22(12-14-23)15-17-5-3-2-4-6-17/h2-10H,11-15H2,1H3,(H,21,25). The summed E-state index contributed by atoms with van der Waals surface area (Å²) in [5, 5.41) is 2.90. The van der Waals surface area contributed by atoms with Gasteiger partial charge in [0.2, 0.25) is 0 Å². The number of anilines is 1. The number of rotatable bonds is 4. The summed E-state index contributed by atoms with van der Waals surface area (Å²) in [6.45, 7) is 5.61. The first-order chi connectivity index (χ1) is 12.1. The smallest absolute Gasteiger partial charge is 0.321 e. The maximum absolute atomic E-state index is 12.4. The Morgan fingerprint density at radius 3 is 2.16 bits per heavy atom. The largest absolute Gasteiger partial charge is 0.322 e. The highest BCUT2D eigenvalue weighted by Crippen LogP contribution is 2.13. The third-order valence-corrected chi connectivity index (χ3v) is 4.45. The number of piperazine rings is 1. The number of urea groups is 1. The summed E-state index contributed by atoms with van der Waals surface area (Å²) < 4.78 is 0. The molecule has 5 heteroatoms. The van der Waals surface area contributed by atoms with E-state index in [9.17, 15) is 9.59 Å². The van der Waals surface area contributed by atoms with E-state index in [1.54, 1.807) is 24.3 Å². The van der Waals surface area contributed by atoms with E-state index in [0.717, 1.165) is 19.6 Å². The fourth-order valence-electron chi connectivity index (χ4n) is 2.94. The molecule has 1 aliphatic heterocycles. The summed E-state index contributed by atoms with van der Waals surface area (Å²) in [4.78, 5) is 27.9. The first-order valence-electron chi connectivity index (χ1n) is 8.55. The number of carbonyl (C=O) groups excluding carboxylic acids is 2. The summed E-state index contributed by atoms with van der Waals surface area (Å²) in [5.74, 6) is 0.0208. The Labute approximate surface area is 148 Å². The van der Waals surface area contributed by atoms with Gasteiger partial charge in [-0.1, -0.05) is 30.3 Å². The number of amides is 2. The predicted molar refractivity (Wildman–Crippen MR) is 98.8 cm³/mol. The van der Waals surface area contributed by atoms with Gasteiger partial charge in [-0.2, -0.15) is 0 Å². The van der Waals surface area contributed by atoms with Crippen molar-refractivity contribution in [2.24, 2.45) is 0 Å². The van der Waals surface area contributed by atoms with Gasteiger partial charge in [-0.15, -0.1) is 0 Å². The fourth-order valence-corrected chi connectivity index (χ4v) is 2.94. The minimum Gasteiger partial charge on any atom is -0.322 e. The zero-order valence-electron chi connectivity index (χ0n) is 14.4. The highest BCUT2D eigenvalue weighted by molar-refractivity contribution is 5.95. The average molecular weight is 337 g/mol. The van der Waals surface area contributed by atoms with Gasteiger partial charge in [-0.25, -0.2) is 4.79 Å². The van der Waals surface area contributed by atoms with E-state index in [4.69, 9.17) is 0 Å². The molecule has 0 unspecified atom stereocenters. The molecule has 3 rings (SSSR count). The van der Waals surface area contributed by atoms with Gasteiger partial charge in [0.25, 0.3) is 0 Å². The van der Waals surface area contributed by atoms with Crippen LogP contribution in [0, 0.1) is 0 Å². The number of ketones is 1. The summed E-state index contributed by atoms with van der Waals surface area (Å²) in [5.41, 5.74) is 2.65. The quantitative estimate of drug-likeness (QED) is 0.872. The van der Waals surface area contributed by atoms with E-state index in [2.05, 4.69) is 34.5 Å². The first-order valence-corrected chi connectivity index (χ1v) is 8.55. The highest BCUT2D eigenvalue weighted by atomic mass is 16.2. The Morgan fingerprint density at radius 1 is 0.920 bits per heavy atom. The summed E-state index contributed by atoms with van der Waals surface area (Å²) in [7, 11) is 0. The lowest BCUT2D eigenvalue weighted by atomic mass is 10.1. The zero-order chi connectivity index (χ0) is 17.6. The molecule has 0 aromatic heterocycles. The van der Waals surface area contributed by atoms with Crippen LogP contribution in [-0.2, 0) is 6.54 Å². The SMILES string of the molecule is CC(=O)c1ccc(NC(=O)N2CCN(Cc3ccccc3)CC2)cc1. The highest BCUT2D eigenvalue weighted by Gasteiger charge is 2.21. The normalized spacial score (nSPS) is 15.0. The molecule has 1 fully saturated rings. The molecule has 2 aromatic carbocycles. The van der Waals surface area contributed by atoms with E-state index >= 15 is 0 Å². The maximum atomic E-state index is 12.4. The molecule has 0 spiro atoms. The Morgan fingerprint density at radius 2 is 1.56 bits per heavy atom. The molecule has 130 valence electrons. The number of hydrogen-bond acceptors (Lipinski definition) is 3. The molecular weight excluding hydrogens is 314 g/mol. The van der Waals surface area contributed by atoms with Crippen LogP contribution in [0.25, 0.3) is 0 Å². The molecule has 5 nitrogen and oxygen atoms in total. The van der Waals surface area contributed by atoms with Gasteiger partial charge >= 0.3 is 6.03 Å². The van der Waals surface area contributed by atoms with Crippen molar-refractivity contribution in [2.75, 3.05) is 31.5 Å². The molecule has 2 aromatic rings. The van der Waals surface area contributed by atoms with Gasteiger partial charge in [0.15, 0.2) is 5.78 Å². The molecule has 1 heterocycles. The molecule has 25 heavy (non-hydrogen) atoms. The third kappa shape index (κ3) is 4.67. The Balaban J connectivity index is 1.49. The molecule has 0 bridgehead atoms. The molecule has 0 saturated carbocycles. The lowest BCUT2D eigenvalue weighted by molar-refractivity contribution is 0.101. The van der Waals surface area contributed by atoms with Crippen molar-refractivity contribution < 1.29 is 9.59 Å². The minimum absolute atomic E-state index is 0.0208. The monoisotopic (exact) mass is 337 g/mol. The van der Waals surface area contributed by atoms with Crippen LogP contribution in [0.2, 0.25) is 0 Å². The number of nitrogens with zero attached hydrogens (tertiary/aromatic N) is 2. The van der Waals surface area contributed by atoms with E-state index < -0.39 is 0 Å². The third-order valence-electron chi connectivity index (χ3n) is 4.45. The van der Waals surface area contributed by atoms with Crippen molar-refractivity contribution in [3.8, 4) is 0 Å². The van der Waals surface area contributed by atoms with Crippen molar-refractivity contribution in [3.63, 3.8) is 0 Å². The van der Waals surface area contributed by atoms with Crippen LogP contribution in [-0.4, -0.2) is 47.8 Å².